The summed E-state index contributed by atoms with van der Waals surface area (Å²) in [6.07, 6.45) is 2.38. The fourth-order valence-electron chi connectivity index (χ4n) is 1.99. The smallest absolute Gasteiger partial charge is 0.0474 e. The molecule has 3 nitrogen and oxygen atoms in total. The highest BCUT2D eigenvalue weighted by Gasteiger charge is 2.22. The fraction of sp³-hybridized carbons (Fsp3) is 1.00. The Labute approximate surface area is 87.8 Å². The average molecular weight is 200 g/mol. The van der Waals surface area contributed by atoms with Crippen molar-refractivity contribution in [1.29, 1.82) is 0 Å². The lowest BCUT2D eigenvalue weighted by Crippen LogP contribution is -2.55. The minimum Gasteiger partial charge on any atom is -0.385 e. The zero-order chi connectivity index (χ0) is 10.4. The first-order valence-corrected chi connectivity index (χ1v) is 5.74. The van der Waals surface area contributed by atoms with Crippen LogP contribution in [0.3, 0.4) is 0 Å². The lowest BCUT2D eigenvalue weighted by molar-refractivity contribution is 0.117. The Morgan fingerprint density at radius 1 is 1.50 bits per heavy atom. The molecule has 0 aromatic heterocycles. The van der Waals surface area contributed by atoms with Gasteiger partial charge < -0.3 is 10.1 Å². The van der Waals surface area contributed by atoms with E-state index in [1.807, 2.05) is 0 Å². The van der Waals surface area contributed by atoms with Crippen molar-refractivity contribution in [2.24, 2.45) is 0 Å². The Morgan fingerprint density at radius 2 is 2.29 bits per heavy atom. The molecule has 1 heterocycles. The van der Waals surface area contributed by atoms with E-state index in [0.717, 1.165) is 19.6 Å². The third-order valence-electron chi connectivity index (χ3n) is 3.07. The zero-order valence-electron chi connectivity index (χ0n) is 9.75. The van der Waals surface area contributed by atoms with Gasteiger partial charge in [-0.3, -0.25) is 4.90 Å². The molecule has 14 heavy (non-hydrogen) atoms. The minimum atomic E-state index is 0.676. The predicted octanol–water partition coefficient (Wildman–Crippen LogP) is 1.10. The number of ether oxygens (including phenoxy) is 1. The van der Waals surface area contributed by atoms with Crippen LogP contribution in [0.5, 0.6) is 0 Å². The van der Waals surface area contributed by atoms with Gasteiger partial charge in [-0.25, -0.2) is 0 Å². The molecule has 0 bridgehead atoms. The Morgan fingerprint density at radius 3 is 2.93 bits per heavy atom. The van der Waals surface area contributed by atoms with Crippen LogP contribution in [0.25, 0.3) is 0 Å². The Balaban J connectivity index is 2.25. The molecule has 1 aliphatic rings. The number of rotatable bonds is 5. The second kappa shape index (κ2) is 6.38. The summed E-state index contributed by atoms with van der Waals surface area (Å²) in [5, 5.41) is 3.57. The molecule has 0 aromatic carbocycles. The summed E-state index contributed by atoms with van der Waals surface area (Å²) in [4.78, 5) is 2.57. The average Bonchev–Trinajstić information content (AvgIpc) is 2.21. The van der Waals surface area contributed by atoms with E-state index in [9.17, 15) is 0 Å². The maximum atomic E-state index is 5.08. The number of methoxy groups -OCH3 is 1. The van der Waals surface area contributed by atoms with Crippen LogP contribution in [-0.2, 0) is 4.74 Å². The van der Waals surface area contributed by atoms with Crippen molar-refractivity contribution in [3.63, 3.8) is 0 Å². The second-order valence-electron chi connectivity index (χ2n) is 4.20. The highest BCUT2D eigenvalue weighted by Crippen LogP contribution is 2.09. The van der Waals surface area contributed by atoms with Crippen molar-refractivity contribution in [3.05, 3.63) is 0 Å². The van der Waals surface area contributed by atoms with E-state index in [2.05, 4.69) is 24.1 Å². The van der Waals surface area contributed by atoms with E-state index in [-0.39, 0.29) is 0 Å². The summed E-state index contributed by atoms with van der Waals surface area (Å²) in [5.74, 6) is 0. The van der Waals surface area contributed by atoms with Crippen LogP contribution in [0.2, 0.25) is 0 Å². The molecular formula is C11H24N2O. The summed E-state index contributed by atoms with van der Waals surface area (Å²) >= 11 is 0. The SMILES string of the molecule is CCC1CN(CCCOC)C(C)CN1. The molecular weight excluding hydrogens is 176 g/mol. The molecule has 1 fully saturated rings. The van der Waals surface area contributed by atoms with Gasteiger partial charge in [-0.2, -0.15) is 0 Å². The van der Waals surface area contributed by atoms with Crippen LogP contribution < -0.4 is 5.32 Å². The van der Waals surface area contributed by atoms with Gasteiger partial charge in [-0.15, -0.1) is 0 Å². The van der Waals surface area contributed by atoms with Gasteiger partial charge in [0, 0.05) is 45.4 Å². The molecule has 1 aliphatic heterocycles. The van der Waals surface area contributed by atoms with E-state index < -0.39 is 0 Å². The van der Waals surface area contributed by atoms with E-state index in [4.69, 9.17) is 4.74 Å². The van der Waals surface area contributed by atoms with E-state index in [1.165, 1.54) is 19.5 Å². The van der Waals surface area contributed by atoms with E-state index in [1.54, 1.807) is 7.11 Å². The van der Waals surface area contributed by atoms with Crippen LogP contribution in [0.15, 0.2) is 0 Å². The fourth-order valence-corrected chi connectivity index (χ4v) is 1.99. The molecule has 2 atom stereocenters. The summed E-state index contributed by atoms with van der Waals surface area (Å²) in [7, 11) is 1.77. The molecule has 0 radical (unpaired) electrons. The van der Waals surface area contributed by atoms with Gasteiger partial charge >= 0.3 is 0 Å². The van der Waals surface area contributed by atoms with Gasteiger partial charge in [0.05, 0.1) is 0 Å². The van der Waals surface area contributed by atoms with Crippen LogP contribution >= 0.6 is 0 Å². The molecule has 0 aromatic rings. The molecule has 0 saturated carbocycles. The third-order valence-corrected chi connectivity index (χ3v) is 3.07. The number of nitrogens with one attached hydrogen (secondary N) is 1. The molecule has 0 spiro atoms. The lowest BCUT2D eigenvalue weighted by atomic mass is 10.1. The van der Waals surface area contributed by atoms with Crippen molar-refractivity contribution in [3.8, 4) is 0 Å². The van der Waals surface area contributed by atoms with E-state index >= 15 is 0 Å². The molecule has 0 aliphatic carbocycles. The van der Waals surface area contributed by atoms with Crippen molar-refractivity contribution in [1.82, 2.24) is 10.2 Å². The number of hydrogen-bond acceptors (Lipinski definition) is 3. The first-order valence-electron chi connectivity index (χ1n) is 5.74. The Bertz CT molecular complexity index is 152. The normalized spacial score (nSPS) is 29.4. The van der Waals surface area contributed by atoms with Crippen LogP contribution in [0.1, 0.15) is 26.7 Å². The topological polar surface area (TPSA) is 24.5 Å². The third kappa shape index (κ3) is 3.56. The number of nitrogens with zero attached hydrogens (tertiary/aromatic N) is 1. The number of hydrogen-bond donors (Lipinski definition) is 1. The Kier molecular flexibility index (Phi) is 5.45. The molecule has 3 heteroatoms. The van der Waals surface area contributed by atoms with Crippen LogP contribution in [-0.4, -0.2) is 50.3 Å². The summed E-state index contributed by atoms with van der Waals surface area (Å²) in [6.45, 7) is 8.93. The van der Waals surface area contributed by atoms with Crippen molar-refractivity contribution in [2.75, 3.05) is 33.4 Å². The summed E-state index contributed by atoms with van der Waals surface area (Å²) in [5.41, 5.74) is 0. The molecule has 2 unspecified atom stereocenters. The van der Waals surface area contributed by atoms with Gasteiger partial charge in [0.2, 0.25) is 0 Å². The maximum absolute atomic E-state index is 5.08. The first kappa shape index (κ1) is 12.0. The van der Waals surface area contributed by atoms with E-state index in [0.29, 0.717) is 12.1 Å². The molecule has 1 N–H and O–H groups in total. The van der Waals surface area contributed by atoms with Gasteiger partial charge in [0.25, 0.3) is 0 Å². The van der Waals surface area contributed by atoms with Gasteiger partial charge in [-0.05, 0) is 19.8 Å². The zero-order valence-corrected chi connectivity index (χ0v) is 9.75. The highest BCUT2D eigenvalue weighted by atomic mass is 16.5. The highest BCUT2D eigenvalue weighted by molar-refractivity contribution is 4.82. The molecule has 1 rings (SSSR count). The predicted molar refractivity (Wildman–Crippen MR) is 59.6 cm³/mol. The first-order chi connectivity index (χ1) is 6.77. The molecule has 84 valence electrons. The Hall–Kier alpha value is -0.120. The summed E-state index contributed by atoms with van der Waals surface area (Å²) in [6, 6.07) is 1.36. The van der Waals surface area contributed by atoms with Crippen molar-refractivity contribution < 1.29 is 4.74 Å². The number of piperazine rings is 1. The maximum Gasteiger partial charge on any atom is 0.0474 e. The van der Waals surface area contributed by atoms with Gasteiger partial charge in [0.15, 0.2) is 0 Å². The van der Waals surface area contributed by atoms with Crippen LogP contribution in [0.4, 0.5) is 0 Å². The minimum absolute atomic E-state index is 0.676. The standard InChI is InChI=1S/C11H24N2O/c1-4-11-9-13(6-5-7-14-3)10(2)8-12-11/h10-12H,4-9H2,1-3H3. The second-order valence-corrected chi connectivity index (χ2v) is 4.20. The van der Waals surface area contributed by atoms with Gasteiger partial charge in [-0.1, -0.05) is 6.92 Å². The monoisotopic (exact) mass is 200 g/mol. The molecule has 0 amide bonds. The van der Waals surface area contributed by atoms with Gasteiger partial charge in [0.1, 0.15) is 0 Å². The van der Waals surface area contributed by atoms with Crippen LogP contribution in [0, 0.1) is 0 Å². The summed E-state index contributed by atoms with van der Waals surface area (Å²) < 4.78 is 5.08. The quantitative estimate of drug-likeness (QED) is 0.673. The largest absolute Gasteiger partial charge is 0.385 e. The van der Waals surface area contributed by atoms with Crippen molar-refractivity contribution in [2.45, 2.75) is 38.8 Å². The lowest BCUT2D eigenvalue weighted by Gasteiger charge is -2.38. The van der Waals surface area contributed by atoms with Crippen molar-refractivity contribution >= 4 is 0 Å². The molecule has 1 saturated heterocycles.